The number of nitrogens with two attached hydrogens (primary N) is 1. The van der Waals surface area contributed by atoms with Crippen LogP contribution in [0.15, 0.2) is 29.4 Å². The van der Waals surface area contributed by atoms with Gasteiger partial charge >= 0.3 is 11.8 Å². The molecule has 0 heterocycles. The van der Waals surface area contributed by atoms with Crippen molar-refractivity contribution in [3.8, 4) is 6.07 Å². The molecule has 6 nitrogen and oxygen atoms in total. The highest BCUT2D eigenvalue weighted by Crippen LogP contribution is 2.04. The summed E-state index contributed by atoms with van der Waals surface area (Å²) in [6, 6.07) is 8.62. The second kappa shape index (κ2) is 5.42. The molecule has 0 radical (unpaired) electrons. The quantitative estimate of drug-likeness (QED) is 0.420. The van der Waals surface area contributed by atoms with Gasteiger partial charge in [-0.2, -0.15) is 10.4 Å². The summed E-state index contributed by atoms with van der Waals surface area (Å²) in [5.41, 5.74) is 8.53. The lowest BCUT2D eigenvalue weighted by atomic mass is 10.1. The van der Waals surface area contributed by atoms with Gasteiger partial charge in [0, 0.05) is 0 Å². The number of nitriles is 1. The van der Waals surface area contributed by atoms with E-state index in [2.05, 4.69) is 5.10 Å². The highest BCUT2D eigenvalue weighted by Gasteiger charge is 2.06. The smallest absolute Gasteiger partial charge is 0.329 e. The Labute approximate surface area is 97.7 Å². The number of amides is 2. The lowest BCUT2D eigenvalue weighted by molar-refractivity contribution is -0.137. The van der Waals surface area contributed by atoms with E-state index in [1.807, 2.05) is 11.5 Å². The first-order valence-electron chi connectivity index (χ1n) is 4.69. The van der Waals surface area contributed by atoms with Crippen molar-refractivity contribution < 1.29 is 9.59 Å². The molecule has 2 amide bonds. The fourth-order valence-corrected chi connectivity index (χ4v) is 1.04. The van der Waals surface area contributed by atoms with E-state index in [0.29, 0.717) is 11.3 Å². The van der Waals surface area contributed by atoms with Crippen molar-refractivity contribution in [2.75, 3.05) is 0 Å². The Morgan fingerprint density at radius 3 is 2.41 bits per heavy atom. The van der Waals surface area contributed by atoms with E-state index in [0.717, 1.165) is 5.56 Å². The molecule has 0 spiro atoms. The molecular weight excluding hydrogens is 220 g/mol. The summed E-state index contributed by atoms with van der Waals surface area (Å²) in [5, 5.41) is 12.3. The molecule has 0 bridgehead atoms. The summed E-state index contributed by atoms with van der Waals surface area (Å²) >= 11 is 0. The molecule has 0 fully saturated rings. The largest absolute Gasteiger partial charge is 0.361 e. The van der Waals surface area contributed by atoms with Gasteiger partial charge in [-0.1, -0.05) is 12.1 Å². The number of hydrazone groups is 1. The van der Waals surface area contributed by atoms with Crippen molar-refractivity contribution in [3.63, 3.8) is 0 Å². The molecule has 0 aromatic heterocycles. The molecule has 6 heteroatoms. The molecule has 0 unspecified atom stereocenters. The first-order chi connectivity index (χ1) is 8.04. The van der Waals surface area contributed by atoms with Gasteiger partial charge in [0.1, 0.15) is 0 Å². The first kappa shape index (κ1) is 12.4. The average Bonchev–Trinajstić information content (AvgIpc) is 2.35. The van der Waals surface area contributed by atoms with Crippen LogP contribution < -0.4 is 11.2 Å². The van der Waals surface area contributed by atoms with E-state index in [4.69, 9.17) is 11.0 Å². The number of benzene rings is 1. The van der Waals surface area contributed by atoms with Crippen molar-refractivity contribution in [2.24, 2.45) is 10.8 Å². The predicted octanol–water partition coefficient (Wildman–Crippen LogP) is -0.116. The van der Waals surface area contributed by atoms with Gasteiger partial charge in [-0.3, -0.25) is 9.59 Å². The standard InChI is InChI=1S/C11H10N4O2/c1-7(14-15-11(17)10(13)16)9-4-2-8(6-12)3-5-9/h2-5H,1H3,(H2,13,16)(H,15,17)/b14-7+. The van der Waals surface area contributed by atoms with Gasteiger partial charge in [0.15, 0.2) is 0 Å². The number of carbonyl (C=O) groups excluding carboxylic acids is 2. The minimum absolute atomic E-state index is 0.504. The predicted molar refractivity (Wildman–Crippen MR) is 60.7 cm³/mol. The van der Waals surface area contributed by atoms with E-state index >= 15 is 0 Å². The van der Waals surface area contributed by atoms with Crippen LogP contribution >= 0.6 is 0 Å². The minimum Gasteiger partial charge on any atom is -0.361 e. The van der Waals surface area contributed by atoms with E-state index in [1.165, 1.54) is 0 Å². The molecule has 0 aliphatic rings. The molecule has 3 N–H and O–H groups in total. The molecule has 0 aliphatic carbocycles. The van der Waals surface area contributed by atoms with E-state index in [-0.39, 0.29) is 0 Å². The molecule has 0 saturated heterocycles. The number of carbonyl (C=O) groups is 2. The van der Waals surface area contributed by atoms with Crippen molar-refractivity contribution >= 4 is 17.5 Å². The third kappa shape index (κ3) is 3.43. The highest BCUT2D eigenvalue weighted by atomic mass is 16.2. The van der Waals surface area contributed by atoms with Crippen LogP contribution in [-0.4, -0.2) is 17.5 Å². The van der Waals surface area contributed by atoms with Gasteiger partial charge in [0.2, 0.25) is 0 Å². The zero-order valence-electron chi connectivity index (χ0n) is 9.10. The van der Waals surface area contributed by atoms with E-state index in [1.54, 1.807) is 31.2 Å². The second-order valence-corrected chi connectivity index (χ2v) is 3.19. The Bertz CT molecular complexity index is 511. The maximum Gasteiger partial charge on any atom is 0.329 e. The second-order valence-electron chi connectivity index (χ2n) is 3.19. The number of hydrogen-bond donors (Lipinski definition) is 2. The van der Waals surface area contributed by atoms with Gasteiger partial charge in [-0.05, 0) is 24.6 Å². The summed E-state index contributed by atoms with van der Waals surface area (Å²) in [6.07, 6.45) is 0. The summed E-state index contributed by atoms with van der Waals surface area (Å²) < 4.78 is 0. The number of rotatable bonds is 2. The molecule has 86 valence electrons. The minimum atomic E-state index is -1.10. The van der Waals surface area contributed by atoms with E-state index in [9.17, 15) is 9.59 Å². The zero-order chi connectivity index (χ0) is 12.8. The van der Waals surface area contributed by atoms with Crippen molar-refractivity contribution in [2.45, 2.75) is 6.92 Å². The van der Waals surface area contributed by atoms with E-state index < -0.39 is 11.8 Å². The van der Waals surface area contributed by atoms with Gasteiger partial charge in [-0.15, -0.1) is 0 Å². The van der Waals surface area contributed by atoms with Crippen molar-refractivity contribution in [1.82, 2.24) is 5.43 Å². The Hall–Kier alpha value is -2.68. The molecular formula is C11H10N4O2. The highest BCUT2D eigenvalue weighted by molar-refractivity contribution is 6.34. The SMILES string of the molecule is C/C(=N\NC(=O)C(N)=O)c1ccc(C#N)cc1. The number of nitrogens with one attached hydrogen (secondary N) is 1. The lowest BCUT2D eigenvalue weighted by Crippen LogP contribution is -2.33. The maximum absolute atomic E-state index is 10.8. The molecule has 17 heavy (non-hydrogen) atoms. The van der Waals surface area contributed by atoms with Crippen molar-refractivity contribution in [3.05, 3.63) is 35.4 Å². The normalized spacial score (nSPS) is 10.5. The van der Waals surface area contributed by atoms with Crippen LogP contribution in [0.25, 0.3) is 0 Å². The first-order valence-corrected chi connectivity index (χ1v) is 4.69. The molecule has 0 aliphatic heterocycles. The maximum atomic E-state index is 10.8. The molecule has 1 aromatic rings. The Morgan fingerprint density at radius 1 is 1.35 bits per heavy atom. The third-order valence-electron chi connectivity index (χ3n) is 1.98. The summed E-state index contributed by atoms with van der Waals surface area (Å²) in [6.45, 7) is 1.66. The van der Waals surface area contributed by atoms with Crippen LogP contribution in [0.3, 0.4) is 0 Å². The van der Waals surface area contributed by atoms with Crippen LogP contribution in [0, 0.1) is 11.3 Å². The van der Waals surface area contributed by atoms with Gasteiger partial charge < -0.3 is 5.73 Å². The molecule has 1 aromatic carbocycles. The van der Waals surface area contributed by atoms with Gasteiger partial charge in [0.25, 0.3) is 0 Å². The fraction of sp³-hybridized carbons (Fsp3) is 0.0909. The monoisotopic (exact) mass is 230 g/mol. The number of primary amides is 1. The summed E-state index contributed by atoms with van der Waals surface area (Å²) in [5.74, 6) is -2.07. The van der Waals surface area contributed by atoms with Gasteiger partial charge in [-0.25, -0.2) is 5.43 Å². The van der Waals surface area contributed by atoms with Crippen LogP contribution in [0.2, 0.25) is 0 Å². The van der Waals surface area contributed by atoms with Crippen LogP contribution in [0.4, 0.5) is 0 Å². The average molecular weight is 230 g/mol. The van der Waals surface area contributed by atoms with Gasteiger partial charge in [0.05, 0.1) is 17.3 Å². The Morgan fingerprint density at radius 2 is 1.94 bits per heavy atom. The Kier molecular flexibility index (Phi) is 3.95. The van der Waals surface area contributed by atoms with Crippen LogP contribution in [0.5, 0.6) is 0 Å². The zero-order valence-corrected chi connectivity index (χ0v) is 9.10. The fourth-order valence-electron chi connectivity index (χ4n) is 1.04. The molecule has 0 saturated carbocycles. The third-order valence-corrected chi connectivity index (χ3v) is 1.98. The van der Waals surface area contributed by atoms with Crippen LogP contribution in [0.1, 0.15) is 18.1 Å². The summed E-state index contributed by atoms with van der Waals surface area (Å²) in [4.78, 5) is 21.3. The van der Waals surface area contributed by atoms with Crippen LogP contribution in [-0.2, 0) is 9.59 Å². The number of hydrogen-bond acceptors (Lipinski definition) is 4. The Balaban J connectivity index is 2.78. The molecule has 1 rings (SSSR count). The summed E-state index contributed by atoms with van der Waals surface area (Å²) in [7, 11) is 0. The molecule has 0 atom stereocenters. The lowest BCUT2D eigenvalue weighted by Gasteiger charge is -2.01. The number of nitrogens with zero attached hydrogens (tertiary/aromatic N) is 2. The topological polar surface area (TPSA) is 108 Å². The van der Waals surface area contributed by atoms with Crippen molar-refractivity contribution in [1.29, 1.82) is 5.26 Å².